The molecule has 0 bridgehead atoms. The number of benzene rings is 1. The number of carbonyl (C=O) groups is 3. The zero-order chi connectivity index (χ0) is 20.8. The number of nitrogens with zero attached hydrogens (tertiary/aromatic N) is 2. The molecule has 3 fully saturated rings. The highest BCUT2D eigenvalue weighted by Crippen LogP contribution is 2.34. The Morgan fingerprint density at radius 3 is 2.90 bits per heavy atom. The second kappa shape index (κ2) is 7.90. The molecule has 3 aliphatic rings. The molecule has 1 aliphatic carbocycles. The van der Waals surface area contributed by atoms with Gasteiger partial charge in [0.2, 0.25) is 5.91 Å². The highest BCUT2D eigenvalue weighted by atomic mass is 35.5. The molecule has 0 spiro atoms. The Balaban J connectivity index is 1.40. The molecule has 7 nitrogen and oxygen atoms in total. The van der Waals surface area contributed by atoms with Gasteiger partial charge in [-0.1, -0.05) is 12.8 Å². The minimum atomic E-state index is -0.673. The zero-order valence-electron chi connectivity index (χ0n) is 16.3. The monoisotopic (exact) mass is 447 g/mol. The summed E-state index contributed by atoms with van der Waals surface area (Å²) in [6.07, 6.45) is 3.35. The predicted octanol–water partition coefficient (Wildman–Crippen LogP) is 2.37. The zero-order valence-corrected chi connectivity index (χ0v) is 17.8. The maximum atomic E-state index is 13.5. The number of rotatable bonds is 4. The second-order valence-corrected chi connectivity index (χ2v) is 9.67. The van der Waals surface area contributed by atoms with Crippen LogP contribution in [0.15, 0.2) is 23.7 Å². The van der Waals surface area contributed by atoms with Crippen molar-refractivity contribution >= 4 is 50.8 Å². The number of fused-ring (bicyclic) bond motifs is 2. The number of Topliss-reactive ketones (excluding diaryl/α,β-unsaturated/α-hetero) is 1. The normalized spacial score (nSPS) is 27.6. The molecule has 0 unspecified atom stereocenters. The fraction of sp³-hybridized carbons (Fsp3) is 0.524. The van der Waals surface area contributed by atoms with E-state index in [0.29, 0.717) is 5.56 Å². The number of halogens is 1. The molecule has 2 aliphatic heterocycles. The van der Waals surface area contributed by atoms with Crippen molar-refractivity contribution < 1.29 is 19.1 Å². The molecule has 2 amide bonds. The molecule has 4 atom stereocenters. The Morgan fingerprint density at radius 1 is 1.30 bits per heavy atom. The van der Waals surface area contributed by atoms with Crippen molar-refractivity contribution in [2.75, 3.05) is 13.2 Å². The van der Waals surface area contributed by atoms with Crippen molar-refractivity contribution in [3.05, 3.63) is 29.3 Å². The number of hydrogen-bond donors (Lipinski definition) is 1. The number of ether oxygens (including phenoxy) is 1. The molecular formula is C21H22ClN3O4S. The Bertz CT molecular complexity index is 1010. The van der Waals surface area contributed by atoms with Crippen molar-refractivity contribution in [2.45, 2.75) is 49.2 Å². The van der Waals surface area contributed by atoms with E-state index in [4.69, 9.17) is 16.3 Å². The van der Waals surface area contributed by atoms with Crippen LogP contribution < -0.4 is 5.32 Å². The molecule has 0 radical (unpaired) electrons. The van der Waals surface area contributed by atoms with Gasteiger partial charge in [0.15, 0.2) is 5.78 Å². The molecule has 158 valence electrons. The van der Waals surface area contributed by atoms with Crippen LogP contribution in [0, 0.1) is 5.92 Å². The highest BCUT2D eigenvalue weighted by molar-refractivity contribution is 7.16. The van der Waals surface area contributed by atoms with E-state index >= 15 is 0 Å². The van der Waals surface area contributed by atoms with Crippen molar-refractivity contribution in [3.8, 4) is 0 Å². The molecule has 1 N–H and O–H groups in total. The molecule has 3 heterocycles. The van der Waals surface area contributed by atoms with Gasteiger partial charge in [-0.05, 0) is 37.0 Å². The van der Waals surface area contributed by atoms with Gasteiger partial charge >= 0.3 is 0 Å². The van der Waals surface area contributed by atoms with Crippen LogP contribution in [0.25, 0.3) is 10.2 Å². The third-order valence-electron chi connectivity index (χ3n) is 6.42. The van der Waals surface area contributed by atoms with Crippen molar-refractivity contribution in [3.63, 3.8) is 0 Å². The highest BCUT2D eigenvalue weighted by Gasteiger charge is 2.53. The van der Waals surface area contributed by atoms with Gasteiger partial charge in [-0.3, -0.25) is 14.4 Å². The summed E-state index contributed by atoms with van der Waals surface area (Å²) in [6, 6.07) is 4.02. The fourth-order valence-electron chi connectivity index (χ4n) is 4.90. The van der Waals surface area contributed by atoms with Gasteiger partial charge in [0.05, 0.1) is 21.1 Å². The number of carbonyl (C=O) groups excluding carboxylic acids is 3. The third-order valence-corrected chi connectivity index (χ3v) is 7.60. The summed E-state index contributed by atoms with van der Waals surface area (Å²) < 4.78 is 6.43. The third kappa shape index (κ3) is 3.40. The fourth-order valence-corrected chi connectivity index (χ4v) is 5.97. The molecular weight excluding hydrogens is 426 g/mol. The number of aromatic nitrogens is 1. The van der Waals surface area contributed by atoms with Crippen LogP contribution in [-0.2, 0) is 14.3 Å². The Morgan fingerprint density at radius 2 is 2.10 bits per heavy atom. The first-order chi connectivity index (χ1) is 14.5. The summed E-state index contributed by atoms with van der Waals surface area (Å²) in [7, 11) is 0. The number of hydrogen-bond acceptors (Lipinski definition) is 6. The van der Waals surface area contributed by atoms with Crippen LogP contribution >= 0.6 is 22.9 Å². The molecule has 2 saturated heterocycles. The smallest absolute Gasteiger partial charge is 0.251 e. The lowest BCUT2D eigenvalue weighted by Gasteiger charge is -2.30. The Labute approximate surface area is 182 Å². The first kappa shape index (κ1) is 19.9. The quantitative estimate of drug-likeness (QED) is 0.727. The van der Waals surface area contributed by atoms with E-state index in [1.807, 2.05) is 6.07 Å². The average molecular weight is 448 g/mol. The SMILES string of the molecule is O=C(N[C@H](C(=O)N1C[C@H](Cl)[C@H]2OCC(=O)[C@H]21)C1CCCC1)c1ccc2ncsc2c1. The van der Waals surface area contributed by atoms with Gasteiger partial charge in [0.1, 0.15) is 24.8 Å². The van der Waals surface area contributed by atoms with Crippen molar-refractivity contribution in [2.24, 2.45) is 5.92 Å². The van der Waals surface area contributed by atoms with Crippen LogP contribution in [0.5, 0.6) is 0 Å². The minimum Gasteiger partial charge on any atom is -0.366 e. The summed E-state index contributed by atoms with van der Waals surface area (Å²) in [6.45, 7) is 0.241. The van der Waals surface area contributed by atoms with Gasteiger partial charge in [0.25, 0.3) is 5.91 Å². The summed E-state index contributed by atoms with van der Waals surface area (Å²) in [5.41, 5.74) is 3.08. The summed E-state index contributed by atoms with van der Waals surface area (Å²) in [5, 5.41) is 2.56. The standard InChI is InChI=1S/C21H22ClN3O4S/c22-13-8-25(18-15(26)9-29-19(13)18)21(28)17(11-3-1-2-4-11)24-20(27)12-5-6-14-16(7-12)30-10-23-14/h5-7,10-11,13,17-19H,1-4,8-9H2,(H,24,27)/t13-,17-,18+,19+/m0/s1. The Kier molecular flexibility index (Phi) is 5.24. The lowest BCUT2D eigenvalue weighted by atomic mass is 9.95. The predicted molar refractivity (Wildman–Crippen MR) is 113 cm³/mol. The van der Waals surface area contributed by atoms with Crippen LogP contribution in [0.4, 0.5) is 0 Å². The maximum absolute atomic E-state index is 13.5. The summed E-state index contributed by atoms with van der Waals surface area (Å²) in [5.74, 6) is -0.587. The van der Waals surface area contributed by atoms with E-state index in [9.17, 15) is 14.4 Å². The van der Waals surface area contributed by atoms with Crippen LogP contribution in [0.2, 0.25) is 0 Å². The minimum absolute atomic E-state index is 0.0162. The van der Waals surface area contributed by atoms with Gasteiger partial charge in [-0.25, -0.2) is 4.98 Å². The first-order valence-corrected chi connectivity index (χ1v) is 11.6. The molecule has 1 saturated carbocycles. The largest absolute Gasteiger partial charge is 0.366 e. The molecule has 2 aromatic rings. The number of amides is 2. The molecule has 1 aromatic heterocycles. The number of likely N-dealkylation sites (tertiary alicyclic amines) is 1. The van der Waals surface area contributed by atoms with Gasteiger partial charge < -0.3 is 15.0 Å². The lowest BCUT2D eigenvalue weighted by Crippen LogP contribution is -2.54. The van der Waals surface area contributed by atoms with Crippen molar-refractivity contribution in [1.29, 1.82) is 0 Å². The first-order valence-electron chi connectivity index (χ1n) is 10.3. The molecule has 30 heavy (non-hydrogen) atoms. The van der Waals surface area contributed by atoms with E-state index < -0.39 is 23.6 Å². The summed E-state index contributed by atoms with van der Waals surface area (Å²) >= 11 is 7.83. The topological polar surface area (TPSA) is 88.6 Å². The van der Waals surface area contributed by atoms with E-state index in [-0.39, 0.29) is 36.7 Å². The van der Waals surface area contributed by atoms with E-state index in [0.717, 1.165) is 35.9 Å². The van der Waals surface area contributed by atoms with E-state index in [1.165, 1.54) is 16.2 Å². The lowest BCUT2D eigenvalue weighted by molar-refractivity contribution is -0.139. The summed E-state index contributed by atoms with van der Waals surface area (Å²) in [4.78, 5) is 44.7. The van der Waals surface area contributed by atoms with Crippen LogP contribution in [0.3, 0.4) is 0 Å². The number of nitrogens with one attached hydrogen (secondary N) is 1. The van der Waals surface area contributed by atoms with Crippen LogP contribution in [-0.4, -0.2) is 64.2 Å². The number of thiazole rings is 1. The number of alkyl halides is 1. The average Bonchev–Trinajstić information content (AvgIpc) is 3.52. The second-order valence-electron chi connectivity index (χ2n) is 8.22. The Hall–Kier alpha value is -2.03. The maximum Gasteiger partial charge on any atom is 0.251 e. The van der Waals surface area contributed by atoms with Gasteiger partial charge in [-0.15, -0.1) is 22.9 Å². The van der Waals surface area contributed by atoms with Crippen molar-refractivity contribution in [1.82, 2.24) is 15.2 Å². The van der Waals surface area contributed by atoms with E-state index in [1.54, 1.807) is 17.6 Å². The van der Waals surface area contributed by atoms with Gasteiger partial charge in [0, 0.05) is 12.1 Å². The molecule has 1 aromatic carbocycles. The van der Waals surface area contributed by atoms with Gasteiger partial charge in [-0.2, -0.15) is 0 Å². The van der Waals surface area contributed by atoms with E-state index in [2.05, 4.69) is 10.3 Å². The number of ketones is 1. The van der Waals surface area contributed by atoms with Crippen LogP contribution in [0.1, 0.15) is 36.0 Å². The molecule has 5 rings (SSSR count). The molecule has 9 heteroatoms.